The summed E-state index contributed by atoms with van der Waals surface area (Å²) in [6.07, 6.45) is 0. The average molecular weight is 192 g/mol. The highest BCUT2D eigenvalue weighted by molar-refractivity contribution is 4.95. The SMILES string of the molecule is CCOCc1nc(F)c(F)c(F)n1. The minimum absolute atomic E-state index is 0.134. The van der Waals surface area contributed by atoms with Gasteiger partial charge >= 0.3 is 0 Å². The lowest BCUT2D eigenvalue weighted by Crippen LogP contribution is -2.06. The van der Waals surface area contributed by atoms with E-state index in [1.54, 1.807) is 6.92 Å². The van der Waals surface area contributed by atoms with E-state index in [2.05, 4.69) is 9.97 Å². The fraction of sp³-hybridized carbons (Fsp3) is 0.429. The standard InChI is InChI=1S/C7H7F3N2O/c1-2-13-3-4-11-6(9)5(8)7(10)12-4/h2-3H2,1H3. The molecule has 0 saturated heterocycles. The molecule has 13 heavy (non-hydrogen) atoms. The van der Waals surface area contributed by atoms with E-state index in [1.165, 1.54) is 0 Å². The number of ether oxygens (including phenoxy) is 1. The first-order valence-corrected chi connectivity index (χ1v) is 3.60. The van der Waals surface area contributed by atoms with Crippen LogP contribution in [0.15, 0.2) is 0 Å². The molecule has 0 spiro atoms. The summed E-state index contributed by atoms with van der Waals surface area (Å²) in [6.45, 7) is 1.94. The highest BCUT2D eigenvalue weighted by Gasteiger charge is 2.13. The Labute approximate surface area is 72.6 Å². The van der Waals surface area contributed by atoms with Crippen LogP contribution in [0, 0.1) is 17.7 Å². The molecule has 0 N–H and O–H groups in total. The largest absolute Gasteiger partial charge is 0.374 e. The summed E-state index contributed by atoms with van der Waals surface area (Å²) in [5, 5.41) is 0. The number of rotatable bonds is 3. The first-order valence-electron chi connectivity index (χ1n) is 3.60. The van der Waals surface area contributed by atoms with Crippen molar-refractivity contribution in [1.82, 2.24) is 9.97 Å². The topological polar surface area (TPSA) is 35.0 Å². The Morgan fingerprint density at radius 3 is 2.15 bits per heavy atom. The average Bonchev–Trinajstić information content (AvgIpc) is 2.10. The number of nitrogens with zero attached hydrogens (tertiary/aromatic N) is 2. The summed E-state index contributed by atoms with van der Waals surface area (Å²) in [5.41, 5.74) is 0. The van der Waals surface area contributed by atoms with Crippen molar-refractivity contribution in [2.75, 3.05) is 6.61 Å². The lowest BCUT2D eigenvalue weighted by molar-refractivity contribution is 0.126. The fourth-order valence-electron chi connectivity index (χ4n) is 0.693. The van der Waals surface area contributed by atoms with Crippen molar-refractivity contribution >= 4 is 0 Å². The molecule has 72 valence electrons. The number of hydrogen-bond donors (Lipinski definition) is 0. The smallest absolute Gasteiger partial charge is 0.255 e. The quantitative estimate of drug-likeness (QED) is 0.679. The van der Waals surface area contributed by atoms with Gasteiger partial charge in [0.15, 0.2) is 5.82 Å². The van der Waals surface area contributed by atoms with Gasteiger partial charge in [0.2, 0.25) is 5.82 Å². The zero-order valence-electron chi connectivity index (χ0n) is 6.85. The maximum absolute atomic E-state index is 12.4. The summed E-state index contributed by atoms with van der Waals surface area (Å²) < 4.78 is 42.0. The lowest BCUT2D eigenvalue weighted by Gasteiger charge is -2.00. The van der Waals surface area contributed by atoms with Crippen LogP contribution in [0.25, 0.3) is 0 Å². The summed E-state index contributed by atoms with van der Waals surface area (Å²) in [6, 6.07) is 0. The molecule has 0 radical (unpaired) electrons. The van der Waals surface area contributed by atoms with Crippen LogP contribution in [0.1, 0.15) is 12.7 Å². The predicted molar refractivity (Wildman–Crippen MR) is 37.2 cm³/mol. The Balaban J connectivity index is 2.86. The first kappa shape index (κ1) is 9.91. The van der Waals surface area contributed by atoms with E-state index in [4.69, 9.17) is 4.74 Å². The maximum atomic E-state index is 12.4. The Hall–Kier alpha value is -1.17. The van der Waals surface area contributed by atoms with Crippen molar-refractivity contribution in [3.05, 3.63) is 23.5 Å². The van der Waals surface area contributed by atoms with Crippen LogP contribution in [0.4, 0.5) is 13.2 Å². The summed E-state index contributed by atoms with van der Waals surface area (Å²) in [5.74, 6) is -4.87. The molecule has 1 aromatic heterocycles. The minimum Gasteiger partial charge on any atom is -0.374 e. The van der Waals surface area contributed by atoms with E-state index < -0.39 is 17.7 Å². The van der Waals surface area contributed by atoms with Crippen LogP contribution in [0.3, 0.4) is 0 Å². The van der Waals surface area contributed by atoms with E-state index in [0.29, 0.717) is 6.61 Å². The zero-order chi connectivity index (χ0) is 9.84. The molecule has 1 heterocycles. The maximum Gasteiger partial charge on any atom is 0.255 e. The third-order valence-electron chi connectivity index (χ3n) is 1.25. The fourth-order valence-corrected chi connectivity index (χ4v) is 0.693. The van der Waals surface area contributed by atoms with E-state index in [-0.39, 0.29) is 12.4 Å². The van der Waals surface area contributed by atoms with Gasteiger partial charge < -0.3 is 4.74 Å². The van der Waals surface area contributed by atoms with Crippen molar-refractivity contribution < 1.29 is 17.9 Å². The highest BCUT2D eigenvalue weighted by atomic mass is 19.2. The third-order valence-corrected chi connectivity index (χ3v) is 1.25. The van der Waals surface area contributed by atoms with Gasteiger partial charge in [-0.05, 0) is 6.92 Å². The van der Waals surface area contributed by atoms with Gasteiger partial charge in [-0.2, -0.15) is 23.1 Å². The van der Waals surface area contributed by atoms with Gasteiger partial charge in [-0.3, -0.25) is 0 Å². The van der Waals surface area contributed by atoms with Crippen LogP contribution in [-0.4, -0.2) is 16.6 Å². The van der Waals surface area contributed by atoms with Gasteiger partial charge in [-0.1, -0.05) is 0 Å². The van der Waals surface area contributed by atoms with Crippen LogP contribution < -0.4 is 0 Å². The molecular weight excluding hydrogens is 185 g/mol. The number of aromatic nitrogens is 2. The molecule has 0 aliphatic rings. The molecule has 0 amide bonds. The van der Waals surface area contributed by atoms with Gasteiger partial charge in [0.25, 0.3) is 11.9 Å². The second-order valence-electron chi connectivity index (χ2n) is 2.17. The monoisotopic (exact) mass is 192 g/mol. The lowest BCUT2D eigenvalue weighted by atomic mass is 10.5. The number of halogens is 3. The van der Waals surface area contributed by atoms with Gasteiger partial charge in [-0.15, -0.1) is 0 Å². The van der Waals surface area contributed by atoms with Gasteiger partial charge in [0.05, 0.1) is 0 Å². The molecule has 3 nitrogen and oxygen atoms in total. The molecule has 0 atom stereocenters. The molecule has 1 aromatic rings. The molecular formula is C7H7F3N2O. The van der Waals surface area contributed by atoms with Crippen LogP contribution in [-0.2, 0) is 11.3 Å². The molecule has 0 fully saturated rings. The minimum atomic E-state index is -1.67. The first-order chi connectivity index (χ1) is 6.15. The highest BCUT2D eigenvalue weighted by Crippen LogP contribution is 2.06. The molecule has 0 saturated carbocycles. The third kappa shape index (κ3) is 2.38. The molecule has 0 bridgehead atoms. The van der Waals surface area contributed by atoms with Crippen molar-refractivity contribution in [3.8, 4) is 0 Å². The Kier molecular flexibility index (Phi) is 3.18. The summed E-state index contributed by atoms with van der Waals surface area (Å²) in [7, 11) is 0. The Morgan fingerprint density at radius 2 is 1.69 bits per heavy atom. The van der Waals surface area contributed by atoms with Gasteiger partial charge in [0, 0.05) is 6.61 Å². The van der Waals surface area contributed by atoms with E-state index in [1.807, 2.05) is 0 Å². The molecule has 6 heteroatoms. The molecule has 0 aliphatic heterocycles. The van der Waals surface area contributed by atoms with Crippen LogP contribution in [0.5, 0.6) is 0 Å². The van der Waals surface area contributed by atoms with Crippen LogP contribution >= 0.6 is 0 Å². The van der Waals surface area contributed by atoms with Crippen molar-refractivity contribution in [2.45, 2.75) is 13.5 Å². The van der Waals surface area contributed by atoms with E-state index in [9.17, 15) is 13.2 Å². The second-order valence-corrected chi connectivity index (χ2v) is 2.17. The van der Waals surface area contributed by atoms with Crippen LogP contribution in [0.2, 0.25) is 0 Å². The van der Waals surface area contributed by atoms with Crippen molar-refractivity contribution in [3.63, 3.8) is 0 Å². The number of hydrogen-bond acceptors (Lipinski definition) is 3. The molecule has 0 aliphatic carbocycles. The predicted octanol–water partition coefficient (Wildman–Crippen LogP) is 1.43. The molecule has 0 unspecified atom stereocenters. The molecule has 0 aromatic carbocycles. The Bertz CT molecular complexity index is 283. The van der Waals surface area contributed by atoms with Gasteiger partial charge in [0.1, 0.15) is 6.61 Å². The van der Waals surface area contributed by atoms with Gasteiger partial charge in [-0.25, -0.2) is 0 Å². The normalized spacial score (nSPS) is 10.5. The zero-order valence-corrected chi connectivity index (χ0v) is 6.85. The Morgan fingerprint density at radius 1 is 1.15 bits per heavy atom. The van der Waals surface area contributed by atoms with Crippen molar-refractivity contribution in [2.24, 2.45) is 0 Å². The molecule has 1 rings (SSSR count). The van der Waals surface area contributed by atoms with E-state index >= 15 is 0 Å². The van der Waals surface area contributed by atoms with Crippen molar-refractivity contribution in [1.29, 1.82) is 0 Å². The summed E-state index contributed by atoms with van der Waals surface area (Å²) >= 11 is 0. The second kappa shape index (κ2) is 4.18. The van der Waals surface area contributed by atoms with E-state index in [0.717, 1.165) is 0 Å². The summed E-state index contributed by atoms with van der Waals surface area (Å²) in [4.78, 5) is 6.11.